The minimum atomic E-state index is -0.640. The summed E-state index contributed by atoms with van der Waals surface area (Å²) >= 11 is 0. The van der Waals surface area contributed by atoms with Crippen LogP contribution in [-0.4, -0.2) is 27.4 Å². The number of nitrogens with zero attached hydrogens (tertiary/aromatic N) is 2. The average molecular weight is 587 g/mol. The fourth-order valence-corrected chi connectivity index (χ4v) is 10.2. The molecule has 5 heteroatoms. The molecule has 1 amide bonds. The number of amides is 1. The van der Waals surface area contributed by atoms with Gasteiger partial charge in [0.2, 0.25) is 5.91 Å². The highest BCUT2D eigenvalue weighted by atomic mass is 16.5. The highest BCUT2D eigenvalue weighted by molar-refractivity contribution is 5.90. The van der Waals surface area contributed by atoms with E-state index < -0.39 is 6.04 Å². The molecule has 2 heterocycles. The monoisotopic (exact) mass is 586 g/mol. The Balaban J connectivity index is 1.24. The van der Waals surface area contributed by atoms with Gasteiger partial charge in [0.25, 0.3) is 0 Å². The lowest BCUT2D eigenvalue weighted by molar-refractivity contribution is -0.160. The van der Waals surface area contributed by atoms with Gasteiger partial charge in [-0.05, 0) is 90.9 Å². The van der Waals surface area contributed by atoms with Crippen molar-refractivity contribution in [2.45, 2.75) is 83.5 Å². The summed E-state index contributed by atoms with van der Waals surface area (Å²) in [5.74, 6) is 2.11. The molecule has 0 saturated heterocycles. The first-order valence-electron chi connectivity index (χ1n) is 16.6. The molecule has 5 nitrogen and oxygen atoms in total. The maximum absolute atomic E-state index is 14.0. The van der Waals surface area contributed by atoms with E-state index in [4.69, 9.17) is 4.74 Å². The highest BCUT2D eigenvalue weighted by Gasteiger charge is 2.54. The zero-order valence-electron chi connectivity index (χ0n) is 25.7. The number of para-hydroxylation sites is 1. The van der Waals surface area contributed by atoms with Gasteiger partial charge < -0.3 is 14.2 Å². The molecule has 0 unspecified atom stereocenters. The summed E-state index contributed by atoms with van der Waals surface area (Å²) in [4.78, 5) is 29.7. The lowest BCUT2D eigenvalue weighted by atomic mass is 9.48. The van der Waals surface area contributed by atoms with E-state index in [9.17, 15) is 9.59 Å². The number of benzene rings is 3. The molecule has 2 atom stereocenters. The van der Waals surface area contributed by atoms with Crippen LogP contribution in [0.1, 0.15) is 80.3 Å². The third-order valence-electron chi connectivity index (χ3n) is 11.3. The van der Waals surface area contributed by atoms with Crippen LogP contribution in [0.5, 0.6) is 0 Å². The lowest BCUT2D eigenvalue weighted by Gasteiger charge is -2.58. The predicted octanol–water partition coefficient (Wildman–Crippen LogP) is 7.85. The normalized spacial score (nSPS) is 28.7. The smallest absolute Gasteiger partial charge is 0.329 e. The third kappa shape index (κ3) is 4.85. The summed E-state index contributed by atoms with van der Waals surface area (Å²) in [5.41, 5.74) is 6.05. The van der Waals surface area contributed by atoms with Crippen molar-refractivity contribution in [1.29, 1.82) is 0 Å². The van der Waals surface area contributed by atoms with Crippen LogP contribution in [-0.2, 0) is 33.9 Å². The number of hydrogen-bond acceptors (Lipinski definition) is 3. The number of hydrogen-bond donors (Lipinski definition) is 0. The van der Waals surface area contributed by atoms with Gasteiger partial charge in [0.05, 0.1) is 6.04 Å². The number of ether oxygens (including phenoxy) is 1. The van der Waals surface area contributed by atoms with Gasteiger partial charge in [-0.2, -0.15) is 0 Å². The van der Waals surface area contributed by atoms with Crippen molar-refractivity contribution in [1.82, 2.24) is 9.47 Å². The molecule has 0 spiro atoms. The van der Waals surface area contributed by atoms with Gasteiger partial charge in [-0.25, -0.2) is 4.79 Å². The van der Waals surface area contributed by atoms with E-state index in [1.807, 2.05) is 35.2 Å². The number of carbonyl (C=O) groups excluding carboxylic acids is 2. The van der Waals surface area contributed by atoms with Crippen molar-refractivity contribution in [3.8, 4) is 0 Å². The molecule has 226 valence electrons. The minimum Gasteiger partial charge on any atom is -0.459 e. The molecule has 4 aliphatic carbocycles. The second-order valence-electron chi connectivity index (χ2n) is 14.3. The van der Waals surface area contributed by atoms with Crippen molar-refractivity contribution >= 4 is 22.8 Å². The van der Waals surface area contributed by atoms with Crippen LogP contribution in [0.3, 0.4) is 0 Å². The zero-order valence-corrected chi connectivity index (χ0v) is 25.7. The van der Waals surface area contributed by atoms with Crippen LogP contribution in [0.25, 0.3) is 10.9 Å². The van der Waals surface area contributed by atoms with Gasteiger partial charge in [-0.1, -0.05) is 78.9 Å². The van der Waals surface area contributed by atoms with Gasteiger partial charge in [0.15, 0.2) is 0 Å². The summed E-state index contributed by atoms with van der Waals surface area (Å²) in [6.07, 6.45) is 9.34. The Morgan fingerprint density at radius 3 is 2.02 bits per heavy atom. The van der Waals surface area contributed by atoms with Crippen LogP contribution in [0, 0.1) is 23.2 Å². The molecule has 4 bridgehead atoms. The van der Waals surface area contributed by atoms with E-state index in [-0.39, 0.29) is 29.9 Å². The van der Waals surface area contributed by atoms with Crippen molar-refractivity contribution < 1.29 is 14.3 Å². The molecule has 4 aromatic rings. The first-order chi connectivity index (χ1) is 21.5. The summed E-state index contributed by atoms with van der Waals surface area (Å²) in [7, 11) is 0. The molecule has 4 fully saturated rings. The van der Waals surface area contributed by atoms with Gasteiger partial charge in [-0.3, -0.25) is 4.79 Å². The maximum Gasteiger partial charge on any atom is 0.329 e. The number of rotatable bonds is 7. The first-order valence-corrected chi connectivity index (χ1v) is 16.6. The maximum atomic E-state index is 14.0. The van der Waals surface area contributed by atoms with E-state index in [1.165, 1.54) is 66.2 Å². The second-order valence-corrected chi connectivity index (χ2v) is 14.3. The molecular formula is C39H42N2O3. The van der Waals surface area contributed by atoms with Crippen LogP contribution in [0.15, 0.2) is 84.9 Å². The standard InChI is InChI=1S/C39H42N2O3/c1-26(42)41-35(38(43)44-25-28-12-6-3-7-13-28)19-33-32-14-8-9-15-34(32)40(24-27-10-4-2-5-11-27)37(33)36(41)23-39-20-29-16-30(21-39)18-31(17-29)22-39/h2-15,29-31,35-36H,16-25H2,1H3/t29?,30?,31?,35-,36+,39?/m0/s1. The van der Waals surface area contributed by atoms with Crippen LogP contribution in [0.4, 0.5) is 0 Å². The highest BCUT2D eigenvalue weighted by Crippen LogP contribution is 2.63. The quantitative estimate of drug-likeness (QED) is 0.207. The fourth-order valence-electron chi connectivity index (χ4n) is 10.2. The Morgan fingerprint density at radius 1 is 0.795 bits per heavy atom. The number of fused-ring (bicyclic) bond motifs is 3. The summed E-state index contributed by atoms with van der Waals surface area (Å²) < 4.78 is 8.44. The number of aromatic nitrogens is 1. The molecule has 0 radical (unpaired) electrons. The number of carbonyl (C=O) groups is 2. The van der Waals surface area contributed by atoms with Crippen LogP contribution >= 0.6 is 0 Å². The Hall–Kier alpha value is -3.86. The Morgan fingerprint density at radius 2 is 1.39 bits per heavy atom. The van der Waals surface area contributed by atoms with E-state index >= 15 is 0 Å². The Kier molecular flexibility index (Phi) is 6.88. The SMILES string of the molecule is CC(=O)N1[C@H](CC23CC4CC(CC(C4)C2)C3)c2c(c3ccccc3n2Cc2ccccc2)C[C@H]1C(=O)OCc1ccccc1. The van der Waals surface area contributed by atoms with Gasteiger partial charge in [0, 0.05) is 36.5 Å². The van der Waals surface area contributed by atoms with Crippen molar-refractivity contribution in [2.75, 3.05) is 0 Å². The summed E-state index contributed by atoms with van der Waals surface area (Å²) in [6, 6.07) is 28.3. The van der Waals surface area contributed by atoms with Crippen molar-refractivity contribution in [3.05, 3.63) is 107 Å². The summed E-state index contributed by atoms with van der Waals surface area (Å²) in [5, 5.41) is 1.19. The Labute approximate surface area is 260 Å². The lowest BCUT2D eigenvalue weighted by Crippen LogP contribution is -2.54. The molecular weight excluding hydrogens is 544 g/mol. The molecule has 1 aliphatic heterocycles. The zero-order chi connectivity index (χ0) is 29.8. The van der Waals surface area contributed by atoms with Crippen LogP contribution < -0.4 is 0 Å². The van der Waals surface area contributed by atoms with Gasteiger partial charge in [-0.15, -0.1) is 0 Å². The van der Waals surface area contributed by atoms with Crippen LogP contribution in [0.2, 0.25) is 0 Å². The molecule has 3 aromatic carbocycles. The van der Waals surface area contributed by atoms with E-state index in [0.29, 0.717) is 6.42 Å². The van der Waals surface area contributed by atoms with Crippen molar-refractivity contribution in [3.63, 3.8) is 0 Å². The van der Waals surface area contributed by atoms with Gasteiger partial charge in [0.1, 0.15) is 12.6 Å². The second kappa shape index (κ2) is 10.9. The minimum absolute atomic E-state index is 0.0384. The molecule has 4 saturated carbocycles. The van der Waals surface area contributed by atoms with E-state index in [2.05, 4.69) is 59.2 Å². The van der Waals surface area contributed by atoms with E-state index in [1.54, 1.807) is 6.92 Å². The topological polar surface area (TPSA) is 51.5 Å². The molecule has 44 heavy (non-hydrogen) atoms. The number of esters is 1. The van der Waals surface area contributed by atoms with E-state index in [0.717, 1.165) is 36.3 Å². The molecule has 9 rings (SSSR count). The molecule has 0 N–H and O–H groups in total. The molecule has 1 aromatic heterocycles. The predicted molar refractivity (Wildman–Crippen MR) is 172 cm³/mol. The Bertz CT molecular complexity index is 1660. The first kappa shape index (κ1) is 27.7. The third-order valence-corrected chi connectivity index (χ3v) is 11.3. The average Bonchev–Trinajstić information content (AvgIpc) is 3.33. The summed E-state index contributed by atoms with van der Waals surface area (Å²) in [6.45, 7) is 2.60. The van der Waals surface area contributed by atoms with Crippen molar-refractivity contribution in [2.24, 2.45) is 23.2 Å². The largest absolute Gasteiger partial charge is 0.459 e. The fraction of sp³-hybridized carbons (Fsp3) is 0.436. The molecule has 5 aliphatic rings. The van der Waals surface area contributed by atoms with Gasteiger partial charge >= 0.3 is 5.97 Å².